The predicted octanol–water partition coefficient (Wildman–Crippen LogP) is 5.67. The van der Waals surface area contributed by atoms with Crippen LogP contribution in [0.25, 0.3) is 0 Å². The molecule has 40 heavy (non-hydrogen) atoms. The van der Waals surface area contributed by atoms with Gasteiger partial charge in [-0.2, -0.15) is 0 Å². The van der Waals surface area contributed by atoms with Gasteiger partial charge in [-0.25, -0.2) is 4.79 Å². The van der Waals surface area contributed by atoms with Gasteiger partial charge in [0.15, 0.2) is 0 Å². The normalized spacial score (nSPS) is 12.6. The third-order valence-corrected chi connectivity index (χ3v) is 6.17. The molecular weight excluding hydrogens is 506 g/mol. The van der Waals surface area contributed by atoms with E-state index in [1.54, 1.807) is 52.1 Å². The smallest absolute Gasteiger partial charge is 0.408 e. The molecule has 0 saturated heterocycles. The molecule has 212 valence electrons. The Bertz CT molecular complexity index is 1290. The number of carbonyl (C=O) groups excluding carboxylic acids is 3. The van der Waals surface area contributed by atoms with E-state index in [0.717, 1.165) is 11.1 Å². The van der Waals surface area contributed by atoms with Crippen molar-refractivity contribution >= 4 is 23.6 Å². The van der Waals surface area contributed by atoms with E-state index in [4.69, 9.17) is 9.47 Å². The number of carbonyl (C=O) groups is 3. The Morgan fingerprint density at radius 3 is 2.17 bits per heavy atom. The lowest BCUT2D eigenvalue weighted by molar-refractivity contribution is -0.140. The minimum absolute atomic E-state index is 0.231. The third-order valence-electron chi connectivity index (χ3n) is 6.17. The molecular formula is C32H39N3O5. The van der Waals surface area contributed by atoms with Crippen molar-refractivity contribution < 1.29 is 23.9 Å². The number of aryl methyl sites for hydroxylation is 1. The number of benzene rings is 3. The van der Waals surface area contributed by atoms with Crippen LogP contribution in [0.4, 0.5) is 10.5 Å². The van der Waals surface area contributed by atoms with Gasteiger partial charge in [0.2, 0.25) is 5.91 Å². The molecule has 3 rings (SSSR count). The van der Waals surface area contributed by atoms with Crippen LogP contribution in [0, 0.1) is 6.92 Å². The topological polar surface area (TPSA) is 97.0 Å². The van der Waals surface area contributed by atoms with Crippen molar-refractivity contribution in [1.82, 2.24) is 10.2 Å². The van der Waals surface area contributed by atoms with Crippen molar-refractivity contribution in [2.24, 2.45) is 0 Å². The molecule has 0 spiro atoms. The fourth-order valence-electron chi connectivity index (χ4n) is 4.36. The number of hydrogen-bond donors (Lipinski definition) is 2. The summed E-state index contributed by atoms with van der Waals surface area (Å²) >= 11 is 0. The lowest BCUT2D eigenvalue weighted by Crippen LogP contribution is -2.53. The molecule has 2 unspecified atom stereocenters. The minimum Gasteiger partial charge on any atom is -0.497 e. The van der Waals surface area contributed by atoms with Gasteiger partial charge in [-0.15, -0.1) is 0 Å². The Kier molecular flexibility index (Phi) is 10.3. The molecule has 2 N–H and O–H groups in total. The maximum atomic E-state index is 14.2. The molecule has 0 saturated carbocycles. The van der Waals surface area contributed by atoms with Crippen LogP contribution in [0.3, 0.4) is 0 Å². The van der Waals surface area contributed by atoms with Crippen LogP contribution >= 0.6 is 0 Å². The fraction of sp³-hybridized carbons (Fsp3) is 0.344. The van der Waals surface area contributed by atoms with Crippen molar-refractivity contribution in [2.75, 3.05) is 19.0 Å². The summed E-state index contributed by atoms with van der Waals surface area (Å²) in [5.41, 5.74) is 2.31. The van der Waals surface area contributed by atoms with Crippen LogP contribution in [0.5, 0.6) is 5.75 Å². The van der Waals surface area contributed by atoms with Gasteiger partial charge in [0.25, 0.3) is 5.91 Å². The number of ether oxygens (including phenoxy) is 2. The highest BCUT2D eigenvalue weighted by Crippen LogP contribution is 2.26. The summed E-state index contributed by atoms with van der Waals surface area (Å²) in [5, 5.41) is 5.70. The average molecular weight is 546 g/mol. The van der Waals surface area contributed by atoms with E-state index in [9.17, 15) is 14.4 Å². The zero-order chi connectivity index (χ0) is 29.3. The van der Waals surface area contributed by atoms with Gasteiger partial charge < -0.3 is 25.0 Å². The quantitative estimate of drug-likeness (QED) is 0.342. The van der Waals surface area contributed by atoms with Crippen LogP contribution in [0.15, 0.2) is 78.9 Å². The highest BCUT2D eigenvalue weighted by molar-refractivity contribution is 5.99. The SMILES string of the molecule is CCN(C(=O)C(Cc1ccccc1)NC(=O)OC(C)(C)C)C(C(=O)Nc1ccc(OC)cc1)c1cccc(C)c1. The second-order valence-electron chi connectivity index (χ2n) is 10.5. The number of nitrogens with one attached hydrogen (secondary N) is 2. The number of anilines is 1. The van der Waals surface area contributed by atoms with Gasteiger partial charge in [0.1, 0.15) is 23.4 Å². The van der Waals surface area contributed by atoms with Crippen molar-refractivity contribution in [3.8, 4) is 5.75 Å². The van der Waals surface area contributed by atoms with Crippen LogP contribution in [0.2, 0.25) is 0 Å². The van der Waals surface area contributed by atoms with Gasteiger partial charge in [0.05, 0.1) is 7.11 Å². The van der Waals surface area contributed by atoms with Gasteiger partial charge >= 0.3 is 6.09 Å². The Balaban J connectivity index is 1.98. The number of likely N-dealkylation sites (N-methyl/N-ethyl adjacent to an activating group) is 1. The van der Waals surface area contributed by atoms with Gasteiger partial charge in [-0.05, 0) is 70.0 Å². The third kappa shape index (κ3) is 8.59. The number of alkyl carbamates (subject to hydrolysis) is 1. The Hall–Kier alpha value is -4.33. The minimum atomic E-state index is -0.960. The molecule has 0 aliphatic rings. The Labute approximate surface area is 236 Å². The van der Waals surface area contributed by atoms with Crippen molar-refractivity contribution in [3.05, 3.63) is 95.6 Å². The van der Waals surface area contributed by atoms with E-state index in [1.165, 1.54) is 4.90 Å². The maximum absolute atomic E-state index is 14.2. The molecule has 3 aromatic carbocycles. The number of nitrogens with zero attached hydrogens (tertiary/aromatic N) is 1. The van der Waals surface area contributed by atoms with E-state index in [2.05, 4.69) is 10.6 Å². The van der Waals surface area contributed by atoms with E-state index < -0.39 is 29.7 Å². The summed E-state index contributed by atoms with van der Waals surface area (Å²) in [5.74, 6) is -0.106. The molecule has 0 radical (unpaired) electrons. The second-order valence-corrected chi connectivity index (χ2v) is 10.5. The number of methoxy groups -OCH3 is 1. The monoisotopic (exact) mass is 545 g/mol. The molecule has 0 aliphatic heterocycles. The zero-order valence-electron chi connectivity index (χ0n) is 24.1. The van der Waals surface area contributed by atoms with E-state index in [-0.39, 0.29) is 18.9 Å². The van der Waals surface area contributed by atoms with Crippen LogP contribution in [0.1, 0.15) is 50.4 Å². The van der Waals surface area contributed by atoms with Crippen molar-refractivity contribution in [3.63, 3.8) is 0 Å². The molecule has 8 heteroatoms. The van der Waals surface area contributed by atoms with Crippen LogP contribution in [-0.2, 0) is 20.7 Å². The molecule has 0 fully saturated rings. The molecule has 0 aliphatic carbocycles. The summed E-state index contributed by atoms with van der Waals surface area (Å²) in [6, 6.07) is 22.0. The van der Waals surface area contributed by atoms with E-state index in [0.29, 0.717) is 17.0 Å². The largest absolute Gasteiger partial charge is 0.497 e. The zero-order valence-corrected chi connectivity index (χ0v) is 24.1. The van der Waals surface area contributed by atoms with Crippen molar-refractivity contribution in [2.45, 2.75) is 58.7 Å². The average Bonchev–Trinajstić information content (AvgIpc) is 2.90. The van der Waals surface area contributed by atoms with Crippen LogP contribution < -0.4 is 15.4 Å². The molecule has 3 amide bonds. The maximum Gasteiger partial charge on any atom is 0.408 e. The molecule has 0 aromatic heterocycles. The summed E-state index contributed by atoms with van der Waals surface area (Å²) in [6.07, 6.45) is -0.469. The molecule has 3 aromatic rings. The highest BCUT2D eigenvalue weighted by Gasteiger charge is 2.35. The standard InChI is InChI=1S/C32H39N3O5/c1-7-35(30(37)27(21-23-13-9-8-10-14-23)34-31(38)40-32(3,4)5)28(24-15-11-12-22(2)20-24)29(36)33-25-16-18-26(39-6)19-17-25/h8-20,27-28H,7,21H2,1-6H3,(H,33,36)(H,34,38). The first-order chi connectivity index (χ1) is 19.0. The van der Waals surface area contributed by atoms with Crippen LogP contribution in [-0.4, -0.2) is 48.1 Å². The highest BCUT2D eigenvalue weighted by atomic mass is 16.6. The summed E-state index contributed by atoms with van der Waals surface area (Å²) in [7, 11) is 1.57. The van der Waals surface area contributed by atoms with Gasteiger partial charge in [-0.3, -0.25) is 9.59 Å². The number of amides is 3. The molecule has 0 bridgehead atoms. The van der Waals surface area contributed by atoms with Gasteiger partial charge in [0, 0.05) is 18.7 Å². The molecule has 0 heterocycles. The molecule has 2 atom stereocenters. The first-order valence-electron chi connectivity index (χ1n) is 13.4. The summed E-state index contributed by atoms with van der Waals surface area (Å²) < 4.78 is 10.7. The van der Waals surface area contributed by atoms with E-state index in [1.807, 2.05) is 68.4 Å². The summed E-state index contributed by atoms with van der Waals surface area (Å²) in [4.78, 5) is 42.3. The van der Waals surface area contributed by atoms with Crippen molar-refractivity contribution in [1.29, 1.82) is 0 Å². The lowest BCUT2D eigenvalue weighted by Gasteiger charge is -2.34. The Morgan fingerprint density at radius 2 is 1.60 bits per heavy atom. The summed E-state index contributed by atoms with van der Waals surface area (Å²) in [6.45, 7) is 9.26. The lowest BCUT2D eigenvalue weighted by atomic mass is 9.99. The van der Waals surface area contributed by atoms with E-state index >= 15 is 0 Å². The number of rotatable bonds is 10. The molecule has 8 nitrogen and oxygen atoms in total. The number of hydrogen-bond acceptors (Lipinski definition) is 5. The first kappa shape index (κ1) is 30.2. The van der Waals surface area contributed by atoms with Gasteiger partial charge in [-0.1, -0.05) is 60.2 Å². The fourth-order valence-corrected chi connectivity index (χ4v) is 4.36. The second kappa shape index (κ2) is 13.6. The predicted molar refractivity (Wildman–Crippen MR) is 156 cm³/mol. The Morgan fingerprint density at radius 1 is 0.925 bits per heavy atom. The first-order valence-corrected chi connectivity index (χ1v) is 13.4.